The summed E-state index contributed by atoms with van der Waals surface area (Å²) in [7, 11) is 1.57. The average molecular weight is 399 g/mol. The minimum atomic E-state index is -0.825. The highest BCUT2D eigenvalue weighted by Gasteiger charge is 2.33. The Labute approximate surface area is 166 Å². The topological polar surface area (TPSA) is 67.6 Å². The fraction of sp³-hybridized carbons (Fsp3) is 0.238. The maximum absolute atomic E-state index is 13.9. The van der Waals surface area contributed by atoms with Crippen LogP contribution in [0, 0.1) is 11.6 Å². The van der Waals surface area contributed by atoms with Crippen LogP contribution in [-0.2, 0) is 6.54 Å². The number of nitrogens with zero attached hydrogens (tertiary/aromatic N) is 2. The van der Waals surface area contributed by atoms with Gasteiger partial charge in [0, 0.05) is 18.2 Å². The van der Waals surface area contributed by atoms with Crippen LogP contribution in [0.2, 0.25) is 0 Å². The van der Waals surface area contributed by atoms with E-state index in [0.29, 0.717) is 17.2 Å². The molecule has 0 saturated heterocycles. The van der Waals surface area contributed by atoms with Crippen molar-refractivity contribution in [3.05, 3.63) is 65.9 Å². The second-order valence-corrected chi connectivity index (χ2v) is 6.80. The molecule has 0 radical (unpaired) electrons. The molecule has 1 aromatic heterocycles. The number of ether oxygens (including phenoxy) is 1. The quantitative estimate of drug-likeness (QED) is 0.645. The van der Waals surface area contributed by atoms with Crippen molar-refractivity contribution in [2.24, 2.45) is 0 Å². The standard InChI is InChI=1S/C21H19F2N3O3/c1-28-19-5-3-2-4-16(19)20-11-14(25-29-20)12-26(15-7-8-15)21(27)24-18-9-6-13(22)10-17(18)23/h2-6,9-11,15H,7-8,12H2,1H3,(H,24,27). The molecule has 1 fully saturated rings. The molecule has 1 N–H and O–H groups in total. The number of hydrogen-bond donors (Lipinski definition) is 1. The predicted molar refractivity (Wildman–Crippen MR) is 102 cm³/mol. The second-order valence-electron chi connectivity index (χ2n) is 6.80. The molecule has 29 heavy (non-hydrogen) atoms. The molecule has 1 aliphatic carbocycles. The molecular formula is C21H19F2N3O3. The SMILES string of the molecule is COc1ccccc1-c1cc(CN(C(=O)Nc2ccc(F)cc2F)C2CC2)no1. The Balaban J connectivity index is 1.50. The number of carbonyl (C=O) groups excluding carboxylic acids is 1. The van der Waals surface area contributed by atoms with Crippen molar-refractivity contribution in [1.29, 1.82) is 0 Å². The van der Waals surface area contributed by atoms with Crippen LogP contribution in [0.4, 0.5) is 19.3 Å². The first kappa shape index (κ1) is 18.9. The number of amides is 2. The van der Waals surface area contributed by atoms with Crippen molar-refractivity contribution in [1.82, 2.24) is 10.1 Å². The van der Waals surface area contributed by atoms with Crippen LogP contribution in [0.1, 0.15) is 18.5 Å². The van der Waals surface area contributed by atoms with E-state index in [1.165, 1.54) is 6.07 Å². The number of methoxy groups -OCH3 is 1. The highest BCUT2D eigenvalue weighted by atomic mass is 19.1. The van der Waals surface area contributed by atoms with Gasteiger partial charge < -0.3 is 19.5 Å². The Morgan fingerprint density at radius 2 is 2.03 bits per heavy atom. The van der Waals surface area contributed by atoms with Crippen LogP contribution in [0.5, 0.6) is 5.75 Å². The third-order valence-corrected chi connectivity index (χ3v) is 4.68. The fourth-order valence-electron chi connectivity index (χ4n) is 3.07. The van der Waals surface area contributed by atoms with Gasteiger partial charge in [-0.2, -0.15) is 0 Å². The Kier molecular flexibility index (Phi) is 5.16. The van der Waals surface area contributed by atoms with Gasteiger partial charge in [0.2, 0.25) is 0 Å². The molecule has 2 aromatic carbocycles. The summed E-state index contributed by atoms with van der Waals surface area (Å²) >= 11 is 0. The number of rotatable bonds is 6. The van der Waals surface area contributed by atoms with Crippen LogP contribution >= 0.6 is 0 Å². The number of halogens is 2. The van der Waals surface area contributed by atoms with E-state index in [1.54, 1.807) is 18.1 Å². The van der Waals surface area contributed by atoms with E-state index in [0.717, 1.165) is 30.5 Å². The van der Waals surface area contributed by atoms with E-state index in [1.807, 2.05) is 24.3 Å². The number of benzene rings is 2. The number of nitrogens with one attached hydrogen (secondary N) is 1. The van der Waals surface area contributed by atoms with Crippen LogP contribution in [-0.4, -0.2) is 29.2 Å². The zero-order valence-electron chi connectivity index (χ0n) is 15.7. The molecule has 6 nitrogen and oxygen atoms in total. The summed E-state index contributed by atoms with van der Waals surface area (Å²) in [6.45, 7) is 0.206. The van der Waals surface area contributed by atoms with Gasteiger partial charge in [0.15, 0.2) is 5.76 Å². The van der Waals surface area contributed by atoms with Gasteiger partial charge >= 0.3 is 6.03 Å². The van der Waals surface area contributed by atoms with Gasteiger partial charge in [0.05, 0.1) is 24.9 Å². The van der Waals surface area contributed by atoms with E-state index in [9.17, 15) is 13.6 Å². The number of anilines is 1. The summed E-state index contributed by atoms with van der Waals surface area (Å²) in [6.07, 6.45) is 1.72. The van der Waals surface area contributed by atoms with Gasteiger partial charge in [-0.15, -0.1) is 0 Å². The van der Waals surface area contributed by atoms with Crippen molar-refractivity contribution >= 4 is 11.7 Å². The van der Waals surface area contributed by atoms with E-state index >= 15 is 0 Å². The number of hydrogen-bond acceptors (Lipinski definition) is 4. The normalized spacial score (nSPS) is 13.2. The highest BCUT2D eigenvalue weighted by Crippen LogP contribution is 2.32. The lowest BCUT2D eigenvalue weighted by molar-refractivity contribution is 0.204. The molecule has 0 aliphatic heterocycles. The Bertz CT molecular complexity index is 1030. The lowest BCUT2D eigenvalue weighted by Gasteiger charge is -2.21. The van der Waals surface area contributed by atoms with Crippen molar-refractivity contribution < 1.29 is 22.8 Å². The molecule has 2 amide bonds. The maximum atomic E-state index is 13.9. The number of carbonyl (C=O) groups is 1. The zero-order valence-corrected chi connectivity index (χ0v) is 15.7. The van der Waals surface area contributed by atoms with Gasteiger partial charge in [0.1, 0.15) is 23.1 Å². The van der Waals surface area contributed by atoms with Crippen LogP contribution in [0.15, 0.2) is 53.1 Å². The molecular weight excluding hydrogens is 380 g/mol. The van der Waals surface area contributed by atoms with Crippen LogP contribution in [0.3, 0.4) is 0 Å². The molecule has 1 saturated carbocycles. The Morgan fingerprint density at radius 3 is 2.76 bits per heavy atom. The average Bonchev–Trinajstić information content (AvgIpc) is 3.45. The molecule has 0 atom stereocenters. The van der Waals surface area contributed by atoms with E-state index in [4.69, 9.17) is 9.26 Å². The highest BCUT2D eigenvalue weighted by molar-refractivity contribution is 5.89. The summed E-state index contributed by atoms with van der Waals surface area (Å²) in [5.74, 6) is -0.350. The molecule has 0 bridgehead atoms. The van der Waals surface area contributed by atoms with Gasteiger partial charge in [0.25, 0.3) is 0 Å². The molecule has 0 unspecified atom stereocenters. The minimum absolute atomic E-state index is 0.0462. The monoisotopic (exact) mass is 399 g/mol. The third-order valence-electron chi connectivity index (χ3n) is 4.68. The fourth-order valence-corrected chi connectivity index (χ4v) is 3.07. The molecule has 0 spiro atoms. The summed E-state index contributed by atoms with van der Waals surface area (Å²) < 4.78 is 37.7. The molecule has 150 valence electrons. The summed E-state index contributed by atoms with van der Waals surface area (Å²) in [4.78, 5) is 14.3. The first-order valence-electron chi connectivity index (χ1n) is 9.17. The maximum Gasteiger partial charge on any atom is 0.322 e. The largest absolute Gasteiger partial charge is 0.496 e. The van der Waals surface area contributed by atoms with Crippen LogP contribution in [0.25, 0.3) is 11.3 Å². The predicted octanol–water partition coefficient (Wildman–Crippen LogP) is 4.82. The molecule has 4 rings (SSSR count). The van der Waals surface area contributed by atoms with E-state index < -0.39 is 17.7 Å². The minimum Gasteiger partial charge on any atom is -0.496 e. The summed E-state index contributed by atoms with van der Waals surface area (Å²) in [6, 6.07) is 11.7. The smallest absolute Gasteiger partial charge is 0.322 e. The van der Waals surface area contributed by atoms with E-state index in [2.05, 4.69) is 10.5 Å². The molecule has 3 aromatic rings. The van der Waals surface area contributed by atoms with Gasteiger partial charge in [-0.1, -0.05) is 17.3 Å². The lowest BCUT2D eigenvalue weighted by Crippen LogP contribution is -2.36. The van der Waals surface area contributed by atoms with Crippen molar-refractivity contribution in [3.8, 4) is 17.1 Å². The second kappa shape index (κ2) is 7.90. The summed E-state index contributed by atoms with van der Waals surface area (Å²) in [5.41, 5.74) is 1.24. The van der Waals surface area contributed by atoms with Gasteiger partial charge in [-0.3, -0.25) is 0 Å². The number of para-hydroxylation sites is 1. The molecule has 1 heterocycles. The first-order valence-corrected chi connectivity index (χ1v) is 9.17. The number of urea groups is 1. The molecule has 1 aliphatic rings. The molecule has 8 heteroatoms. The zero-order chi connectivity index (χ0) is 20.4. The van der Waals surface area contributed by atoms with Gasteiger partial charge in [-0.25, -0.2) is 13.6 Å². The van der Waals surface area contributed by atoms with Crippen molar-refractivity contribution in [2.45, 2.75) is 25.4 Å². The Morgan fingerprint density at radius 1 is 1.24 bits per heavy atom. The van der Waals surface area contributed by atoms with Crippen molar-refractivity contribution in [3.63, 3.8) is 0 Å². The summed E-state index contributed by atoms with van der Waals surface area (Å²) in [5, 5.41) is 6.56. The number of aromatic nitrogens is 1. The lowest BCUT2D eigenvalue weighted by atomic mass is 10.1. The van der Waals surface area contributed by atoms with E-state index in [-0.39, 0.29) is 18.3 Å². The first-order chi connectivity index (χ1) is 14.0. The van der Waals surface area contributed by atoms with Gasteiger partial charge in [-0.05, 0) is 37.1 Å². The Hall–Kier alpha value is -3.42. The van der Waals surface area contributed by atoms with Crippen LogP contribution < -0.4 is 10.1 Å². The third kappa shape index (κ3) is 4.21. The van der Waals surface area contributed by atoms with Crippen molar-refractivity contribution in [2.75, 3.05) is 12.4 Å².